The highest BCUT2D eigenvalue weighted by molar-refractivity contribution is 7.17. The van der Waals surface area contributed by atoms with Crippen molar-refractivity contribution < 1.29 is 14.1 Å². The molecule has 0 saturated carbocycles. The summed E-state index contributed by atoms with van der Waals surface area (Å²) in [6.45, 7) is 1.63. The van der Waals surface area contributed by atoms with Crippen LogP contribution in [0.25, 0.3) is 21.5 Å². The molecule has 0 fully saturated rings. The Balaban J connectivity index is 1.45. The van der Waals surface area contributed by atoms with Crippen molar-refractivity contribution in [2.75, 3.05) is 0 Å². The van der Waals surface area contributed by atoms with E-state index in [1.165, 1.54) is 22.7 Å². The minimum atomic E-state index is -0.502. The molecular weight excluding hydrogens is 374 g/mol. The number of carbonyl (C=O) groups excluding carboxylic acids is 1. The molecule has 0 aliphatic heterocycles. The number of rotatable bonds is 5. The second kappa shape index (κ2) is 7.10. The van der Waals surface area contributed by atoms with Crippen molar-refractivity contribution in [2.45, 2.75) is 13.5 Å². The van der Waals surface area contributed by atoms with E-state index in [1.807, 2.05) is 17.5 Å². The van der Waals surface area contributed by atoms with Gasteiger partial charge in [0.1, 0.15) is 4.88 Å². The van der Waals surface area contributed by atoms with Crippen molar-refractivity contribution in [1.82, 2.24) is 25.1 Å². The van der Waals surface area contributed by atoms with Gasteiger partial charge in [-0.2, -0.15) is 4.98 Å². The van der Waals surface area contributed by atoms with E-state index in [0.717, 1.165) is 4.88 Å². The average Bonchev–Trinajstić information content (AvgIpc) is 3.40. The molecule has 0 aliphatic carbocycles. The van der Waals surface area contributed by atoms with Crippen molar-refractivity contribution in [3.63, 3.8) is 0 Å². The maximum atomic E-state index is 12.3. The zero-order valence-corrected chi connectivity index (χ0v) is 15.1. The van der Waals surface area contributed by atoms with Crippen LogP contribution in [0.3, 0.4) is 0 Å². The van der Waals surface area contributed by atoms with Crippen molar-refractivity contribution in [1.29, 1.82) is 0 Å². The quantitative estimate of drug-likeness (QED) is 0.482. The van der Waals surface area contributed by atoms with Gasteiger partial charge in [0.05, 0.1) is 10.6 Å². The van der Waals surface area contributed by atoms with Crippen molar-refractivity contribution >= 4 is 28.6 Å². The number of hydrogen-bond donors (Lipinski definition) is 0. The molecule has 8 nitrogen and oxygen atoms in total. The van der Waals surface area contributed by atoms with E-state index >= 15 is 0 Å². The van der Waals surface area contributed by atoms with E-state index in [0.29, 0.717) is 27.2 Å². The van der Waals surface area contributed by atoms with Crippen molar-refractivity contribution in [2.24, 2.45) is 0 Å². The van der Waals surface area contributed by atoms with Crippen LogP contribution in [0.5, 0.6) is 0 Å². The number of carbonyl (C=O) groups is 1. The van der Waals surface area contributed by atoms with Gasteiger partial charge in [-0.15, -0.1) is 22.7 Å². The van der Waals surface area contributed by atoms with Crippen LogP contribution in [0.2, 0.25) is 0 Å². The summed E-state index contributed by atoms with van der Waals surface area (Å²) in [5, 5.41) is 6.36. The lowest BCUT2D eigenvalue weighted by atomic mass is 10.4. The van der Waals surface area contributed by atoms with Gasteiger partial charge in [-0.05, 0) is 24.4 Å². The second-order valence-corrected chi connectivity index (χ2v) is 7.02. The van der Waals surface area contributed by atoms with Gasteiger partial charge >= 0.3 is 5.97 Å². The fourth-order valence-electron chi connectivity index (χ4n) is 2.10. The number of thiophene rings is 1. The Hall–Kier alpha value is -2.98. The standard InChI is InChI=1S/C16H11N5O3S2/c1-9-12(26-15(19-9)14-17-5-3-6-18-14)16(22)23-8-11-20-13(21-24-11)10-4-2-7-25-10/h2-7H,8H2,1H3. The van der Waals surface area contributed by atoms with Gasteiger partial charge in [-0.25, -0.2) is 19.7 Å². The summed E-state index contributed by atoms with van der Waals surface area (Å²) < 4.78 is 10.4. The Morgan fingerprint density at radius 2 is 2.04 bits per heavy atom. The average molecular weight is 385 g/mol. The van der Waals surface area contributed by atoms with Gasteiger partial charge in [0, 0.05) is 12.4 Å². The van der Waals surface area contributed by atoms with Gasteiger partial charge in [-0.3, -0.25) is 0 Å². The largest absolute Gasteiger partial charge is 0.451 e. The summed E-state index contributed by atoms with van der Waals surface area (Å²) >= 11 is 2.69. The van der Waals surface area contributed by atoms with Crippen LogP contribution in [0, 0.1) is 6.92 Å². The smallest absolute Gasteiger partial charge is 0.350 e. The first-order valence-electron chi connectivity index (χ1n) is 7.49. The van der Waals surface area contributed by atoms with Gasteiger partial charge in [-0.1, -0.05) is 11.2 Å². The molecular formula is C16H11N5O3S2. The van der Waals surface area contributed by atoms with Crippen LogP contribution in [0.15, 0.2) is 40.5 Å². The number of nitrogens with zero attached hydrogens (tertiary/aromatic N) is 5. The number of aryl methyl sites for hydroxylation is 1. The second-order valence-electron chi connectivity index (χ2n) is 5.07. The number of aromatic nitrogens is 5. The Bertz CT molecular complexity index is 1030. The predicted octanol–water partition coefficient (Wildman–Crippen LogP) is 3.38. The zero-order valence-electron chi connectivity index (χ0n) is 13.4. The fraction of sp³-hybridized carbons (Fsp3) is 0.125. The monoisotopic (exact) mass is 385 g/mol. The van der Waals surface area contributed by atoms with Gasteiger partial charge < -0.3 is 9.26 Å². The normalized spacial score (nSPS) is 10.8. The van der Waals surface area contributed by atoms with E-state index in [4.69, 9.17) is 9.26 Å². The molecule has 0 unspecified atom stereocenters. The molecule has 0 saturated heterocycles. The molecule has 0 atom stereocenters. The Morgan fingerprint density at radius 3 is 2.81 bits per heavy atom. The topological polar surface area (TPSA) is 104 Å². The van der Waals surface area contributed by atoms with Crippen molar-refractivity contribution in [3.05, 3.63) is 52.4 Å². The maximum Gasteiger partial charge on any atom is 0.350 e. The predicted molar refractivity (Wildman–Crippen MR) is 94.6 cm³/mol. The van der Waals surface area contributed by atoms with E-state index in [1.54, 1.807) is 25.4 Å². The Morgan fingerprint density at radius 1 is 1.19 bits per heavy atom. The molecule has 4 aromatic rings. The summed E-state index contributed by atoms with van der Waals surface area (Å²) in [6.07, 6.45) is 3.25. The molecule has 0 spiro atoms. The maximum absolute atomic E-state index is 12.3. The lowest BCUT2D eigenvalue weighted by Crippen LogP contribution is -2.05. The molecule has 0 aromatic carbocycles. The van der Waals surface area contributed by atoms with Gasteiger partial charge in [0.15, 0.2) is 17.4 Å². The summed E-state index contributed by atoms with van der Waals surface area (Å²) in [5.41, 5.74) is 0.562. The summed E-state index contributed by atoms with van der Waals surface area (Å²) in [7, 11) is 0. The highest BCUT2D eigenvalue weighted by Crippen LogP contribution is 2.26. The molecule has 4 heterocycles. The highest BCUT2D eigenvalue weighted by atomic mass is 32.1. The molecule has 10 heteroatoms. The SMILES string of the molecule is Cc1nc(-c2ncccn2)sc1C(=O)OCc1nc(-c2cccs2)no1. The molecule has 130 valence electrons. The van der Waals surface area contributed by atoms with E-state index in [2.05, 4.69) is 25.1 Å². The Labute approximate surface area is 155 Å². The number of esters is 1. The molecule has 0 aliphatic rings. The van der Waals surface area contributed by atoms with Crippen molar-refractivity contribution in [3.8, 4) is 21.5 Å². The summed E-state index contributed by atoms with van der Waals surface area (Å²) in [4.78, 5) is 30.4. The first-order chi connectivity index (χ1) is 12.7. The fourth-order valence-corrected chi connectivity index (χ4v) is 3.66. The van der Waals surface area contributed by atoms with E-state index in [9.17, 15) is 4.79 Å². The number of thiazole rings is 1. The minimum absolute atomic E-state index is 0.105. The van der Waals surface area contributed by atoms with Crippen LogP contribution < -0.4 is 0 Å². The highest BCUT2D eigenvalue weighted by Gasteiger charge is 2.20. The van der Waals surface area contributed by atoms with E-state index < -0.39 is 5.97 Å². The zero-order chi connectivity index (χ0) is 17.9. The molecule has 0 amide bonds. The Kier molecular flexibility index (Phi) is 4.50. The van der Waals surface area contributed by atoms with Gasteiger partial charge in [0.25, 0.3) is 5.89 Å². The molecule has 0 bridgehead atoms. The molecule has 4 rings (SSSR count). The molecule has 0 N–H and O–H groups in total. The first kappa shape index (κ1) is 16.5. The third kappa shape index (κ3) is 3.37. The third-order valence-electron chi connectivity index (χ3n) is 3.28. The molecule has 0 radical (unpaired) electrons. The van der Waals surface area contributed by atoms with Crippen LogP contribution >= 0.6 is 22.7 Å². The number of ether oxygens (including phenoxy) is 1. The van der Waals surface area contributed by atoms with Crippen LogP contribution in [0.1, 0.15) is 21.3 Å². The molecule has 26 heavy (non-hydrogen) atoms. The third-order valence-corrected chi connectivity index (χ3v) is 5.27. The lowest BCUT2D eigenvalue weighted by molar-refractivity contribution is 0.0434. The van der Waals surface area contributed by atoms with Gasteiger partial charge in [0.2, 0.25) is 5.82 Å². The summed E-state index contributed by atoms with van der Waals surface area (Å²) in [6, 6.07) is 5.50. The number of hydrogen-bond acceptors (Lipinski definition) is 10. The van der Waals surface area contributed by atoms with Crippen LogP contribution in [0.4, 0.5) is 0 Å². The van der Waals surface area contributed by atoms with Crippen LogP contribution in [-0.4, -0.2) is 31.1 Å². The van der Waals surface area contributed by atoms with E-state index in [-0.39, 0.29) is 12.5 Å². The lowest BCUT2D eigenvalue weighted by Gasteiger charge is -1.99. The minimum Gasteiger partial charge on any atom is -0.451 e. The van der Waals surface area contributed by atoms with Crippen LogP contribution in [-0.2, 0) is 11.3 Å². The first-order valence-corrected chi connectivity index (χ1v) is 9.19. The molecule has 4 aromatic heterocycles. The summed E-state index contributed by atoms with van der Waals surface area (Å²) in [5.74, 6) is 0.675.